The highest BCUT2D eigenvalue weighted by molar-refractivity contribution is 5.88. The average Bonchev–Trinajstić information content (AvgIpc) is 2.90. The molecule has 7 heteroatoms. The molecule has 1 N–H and O–H groups in total. The van der Waals surface area contributed by atoms with Crippen molar-refractivity contribution < 1.29 is 33.6 Å². The van der Waals surface area contributed by atoms with E-state index >= 15 is 0 Å². The first-order valence-corrected chi connectivity index (χ1v) is 11.4. The molecule has 0 spiro atoms. The lowest BCUT2D eigenvalue weighted by Crippen LogP contribution is -2.65. The van der Waals surface area contributed by atoms with Crippen molar-refractivity contribution in [1.82, 2.24) is 0 Å². The summed E-state index contributed by atoms with van der Waals surface area (Å²) in [6, 6.07) is 0. The number of carbonyl (C=O) groups is 1. The molecule has 0 radical (unpaired) electrons. The van der Waals surface area contributed by atoms with E-state index < -0.39 is 28.9 Å². The lowest BCUT2D eigenvalue weighted by molar-refractivity contribution is -0.330. The third kappa shape index (κ3) is 4.59. The summed E-state index contributed by atoms with van der Waals surface area (Å²) in [5, 5.41) is 12.0. The molecule has 0 aromatic heterocycles. The average molecular weight is 451 g/mol. The van der Waals surface area contributed by atoms with Crippen LogP contribution in [0.3, 0.4) is 0 Å². The molecule has 0 aromatic rings. The zero-order valence-electron chi connectivity index (χ0n) is 20.0. The van der Waals surface area contributed by atoms with Crippen molar-refractivity contribution in [3.63, 3.8) is 0 Å². The first-order chi connectivity index (χ1) is 15.2. The Bertz CT molecular complexity index is 772. The van der Waals surface area contributed by atoms with Gasteiger partial charge in [-0.05, 0) is 52.9 Å². The summed E-state index contributed by atoms with van der Waals surface area (Å²) in [7, 11) is 3.23. The highest BCUT2D eigenvalue weighted by atomic mass is 16.7. The standard InChI is InChI=1S/C25H38O7/c1-18-8-12-24-13-10-20(25(24,27)14-9-18)23(3,32-22(24)29-5)11-6-7-19(2)21(26)31-17-30-16-15-28-4/h6-8,11,20,22,27H,9-10,12-17H2,1-5H3/b11-6+,19-7+/t20-,22+,23+,24+,25-/m0/s1. The van der Waals surface area contributed by atoms with Crippen LogP contribution in [0.2, 0.25) is 0 Å². The number of hydrogen-bond acceptors (Lipinski definition) is 7. The predicted molar refractivity (Wildman–Crippen MR) is 120 cm³/mol. The maximum atomic E-state index is 12.1. The molecule has 0 unspecified atom stereocenters. The van der Waals surface area contributed by atoms with Gasteiger partial charge in [0.2, 0.25) is 0 Å². The van der Waals surface area contributed by atoms with Crippen LogP contribution < -0.4 is 0 Å². The van der Waals surface area contributed by atoms with Crippen LogP contribution in [0.4, 0.5) is 0 Å². The molecular weight excluding hydrogens is 412 g/mol. The molecule has 0 amide bonds. The minimum Gasteiger partial charge on any atom is -0.435 e. The van der Waals surface area contributed by atoms with E-state index in [2.05, 4.69) is 13.0 Å². The maximum absolute atomic E-state index is 12.1. The first kappa shape index (κ1) is 25.1. The molecule has 1 aliphatic heterocycles. The number of aliphatic hydroxyl groups is 1. The summed E-state index contributed by atoms with van der Waals surface area (Å²) in [6.07, 6.45) is 11.3. The second-order valence-corrected chi connectivity index (χ2v) is 9.46. The van der Waals surface area contributed by atoms with E-state index in [1.807, 2.05) is 19.1 Å². The Balaban J connectivity index is 1.72. The van der Waals surface area contributed by atoms with Crippen molar-refractivity contribution in [2.75, 3.05) is 34.2 Å². The van der Waals surface area contributed by atoms with Gasteiger partial charge in [0.15, 0.2) is 13.1 Å². The highest BCUT2D eigenvalue weighted by Crippen LogP contribution is 2.65. The van der Waals surface area contributed by atoms with Gasteiger partial charge in [0, 0.05) is 25.7 Å². The molecule has 5 atom stereocenters. The number of ether oxygens (including phenoxy) is 5. The van der Waals surface area contributed by atoms with Crippen molar-refractivity contribution >= 4 is 5.97 Å². The summed E-state index contributed by atoms with van der Waals surface area (Å²) in [5.74, 6) is -0.493. The summed E-state index contributed by atoms with van der Waals surface area (Å²) >= 11 is 0. The molecule has 7 nitrogen and oxygen atoms in total. The van der Waals surface area contributed by atoms with E-state index in [0.29, 0.717) is 25.2 Å². The molecule has 0 aromatic carbocycles. The van der Waals surface area contributed by atoms with Crippen molar-refractivity contribution in [1.29, 1.82) is 0 Å². The smallest absolute Gasteiger partial charge is 0.335 e. The van der Waals surface area contributed by atoms with Gasteiger partial charge in [-0.3, -0.25) is 0 Å². The van der Waals surface area contributed by atoms with Gasteiger partial charge in [0.25, 0.3) is 0 Å². The van der Waals surface area contributed by atoms with Crippen molar-refractivity contribution in [2.24, 2.45) is 11.3 Å². The Morgan fingerprint density at radius 3 is 2.81 bits per heavy atom. The number of rotatable bonds is 9. The Morgan fingerprint density at radius 1 is 1.31 bits per heavy atom. The van der Waals surface area contributed by atoms with Gasteiger partial charge in [-0.15, -0.1) is 0 Å². The Hall–Kier alpha value is -1.51. The number of carbonyl (C=O) groups excluding carboxylic acids is 1. The second kappa shape index (κ2) is 10.2. The molecule has 1 heterocycles. The lowest BCUT2D eigenvalue weighted by Gasteiger charge is -2.57. The van der Waals surface area contributed by atoms with Crippen molar-refractivity contribution in [3.05, 3.63) is 35.5 Å². The van der Waals surface area contributed by atoms with Crippen LogP contribution in [0.25, 0.3) is 0 Å². The van der Waals surface area contributed by atoms with E-state index in [1.54, 1.807) is 27.2 Å². The van der Waals surface area contributed by atoms with E-state index in [9.17, 15) is 9.90 Å². The monoisotopic (exact) mass is 450 g/mol. The molecule has 32 heavy (non-hydrogen) atoms. The highest BCUT2D eigenvalue weighted by Gasteiger charge is 2.71. The van der Waals surface area contributed by atoms with Gasteiger partial charge in [-0.25, -0.2) is 4.79 Å². The minimum atomic E-state index is -0.865. The largest absolute Gasteiger partial charge is 0.435 e. The van der Waals surface area contributed by atoms with Crippen LogP contribution in [0.5, 0.6) is 0 Å². The van der Waals surface area contributed by atoms with E-state index in [-0.39, 0.29) is 12.7 Å². The van der Waals surface area contributed by atoms with E-state index in [4.69, 9.17) is 23.7 Å². The summed E-state index contributed by atoms with van der Waals surface area (Å²) in [5.41, 5.74) is -0.236. The third-order valence-electron chi connectivity index (χ3n) is 7.55. The van der Waals surface area contributed by atoms with Gasteiger partial charge in [-0.2, -0.15) is 0 Å². The van der Waals surface area contributed by atoms with E-state index in [0.717, 1.165) is 25.7 Å². The van der Waals surface area contributed by atoms with Gasteiger partial charge < -0.3 is 28.8 Å². The van der Waals surface area contributed by atoms with Crippen molar-refractivity contribution in [2.45, 2.75) is 70.4 Å². The normalized spacial score (nSPS) is 37.2. The Labute approximate surface area is 191 Å². The lowest BCUT2D eigenvalue weighted by atomic mass is 9.62. The Morgan fingerprint density at radius 2 is 2.09 bits per heavy atom. The molecule has 3 aliphatic rings. The molecule has 180 valence electrons. The fourth-order valence-corrected chi connectivity index (χ4v) is 5.65. The Kier molecular flexibility index (Phi) is 7.99. The maximum Gasteiger partial charge on any atom is 0.335 e. The summed E-state index contributed by atoms with van der Waals surface area (Å²) in [6.45, 7) is 6.52. The van der Waals surface area contributed by atoms with Crippen LogP contribution in [0.1, 0.15) is 52.9 Å². The van der Waals surface area contributed by atoms with Gasteiger partial charge >= 0.3 is 5.97 Å². The van der Waals surface area contributed by atoms with Crippen LogP contribution in [-0.4, -0.2) is 62.8 Å². The molecule has 2 bridgehead atoms. The predicted octanol–water partition coefficient (Wildman–Crippen LogP) is 3.67. The second-order valence-electron chi connectivity index (χ2n) is 9.46. The molecule has 3 rings (SSSR count). The molecule has 2 fully saturated rings. The molecular formula is C25H38O7. The van der Waals surface area contributed by atoms with Gasteiger partial charge in [-0.1, -0.05) is 29.9 Å². The molecule has 2 aliphatic carbocycles. The topological polar surface area (TPSA) is 83.5 Å². The van der Waals surface area contributed by atoms with E-state index in [1.165, 1.54) is 5.57 Å². The summed E-state index contributed by atoms with van der Waals surface area (Å²) in [4.78, 5) is 12.1. The fraction of sp³-hybridized carbons (Fsp3) is 0.720. The van der Waals surface area contributed by atoms with Crippen LogP contribution in [0.15, 0.2) is 35.5 Å². The molecule has 1 saturated heterocycles. The SMILES string of the molecule is COCCOCOC(=O)/C(C)=C/C=C/[C@@]1(C)O[C@@H](OC)[C@]23CC=C(C)CC[C@]2(O)[C@H]1CC3. The van der Waals surface area contributed by atoms with Gasteiger partial charge in [0.05, 0.1) is 29.8 Å². The van der Waals surface area contributed by atoms with Crippen LogP contribution in [-0.2, 0) is 28.5 Å². The number of methoxy groups -OCH3 is 2. The van der Waals surface area contributed by atoms with Crippen LogP contribution in [0, 0.1) is 11.3 Å². The zero-order valence-corrected chi connectivity index (χ0v) is 20.0. The minimum absolute atomic E-state index is 0.0493. The number of hydrogen-bond donors (Lipinski definition) is 1. The quantitative estimate of drug-likeness (QED) is 0.143. The molecule has 1 saturated carbocycles. The first-order valence-electron chi connectivity index (χ1n) is 11.4. The van der Waals surface area contributed by atoms with Crippen molar-refractivity contribution in [3.8, 4) is 0 Å². The van der Waals surface area contributed by atoms with Gasteiger partial charge in [0.1, 0.15) is 0 Å². The van der Waals surface area contributed by atoms with Crippen LogP contribution >= 0.6 is 0 Å². The number of allylic oxidation sites excluding steroid dienone is 4. The third-order valence-corrected chi connectivity index (χ3v) is 7.55. The number of esters is 1. The summed E-state index contributed by atoms with van der Waals surface area (Å²) < 4.78 is 27.4. The zero-order chi connectivity index (χ0) is 23.4. The fourth-order valence-electron chi connectivity index (χ4n) is 5.65.